The van der Waals surface area contributed by atoms with Gasteiger partial charge in [0.2, 0.25) is 5.91 Å². The van der Waals surface area contributed by atoms with Crippen molar-refractivity contribution in [3.8, 4) is 0 Å². The number of likely N-dealkylation sites (tertiary alicyclic amines) is 1. The van der Waals surface area contributed by atoms with E-state index in [0.717, 1.165) is 24.6 Å². The van der Waals surface area contributed by atoms with Crippen LogP contribution in [0.4, 0.5) is 0 Å². The molecule has 3 atom stereocenters. The minimum atomic E-state index is -0.428. The number of hydrogen-bond acceptors (Lipinski definition) is 3. The molecule has 1 aromatic rings. The number of piperidine rings is 1. The van der Waals surface area contributed by atoms with Gasteiger partial charge in [0.15, 0.2) is 0 Å². The molecule has 1 amide bonds. The molecule has 1 saturated heterocycles. The molecule has 4 heteroatoms. The Morgan fingerprint density at radius 1 is 1.35 bits per heavy atom. The van der Waals surface area contributed by atoms with Crippen LogP contribution in [0, 0.1) is 5.92 Å². The summed E-state index contributed by atoms with van der Waals surface area (Å²) in [5, 5.41) is 3.02. The highest BCUT2D eigenvalue weighted by molar-refractivity contribution is 5.80. The van der Waals surface area contributed by atoms with Gasteiger partial charge in [-0.3, -0.25) is 9.69 Å². The van der Waals surface area contributed by atoms with E-state index < -0.39 is 6.10 Å². The first kappa shape index (κ1) is 18.0. The number of nitrogens with one attached hydrogen (secondary N) is 1. The highest BCUT2D eigenvalue weighted by atomic mass is 16.5. The minimum absolute atomic E-state index is 0.0298. The van der Waals surface area contributed by atoms with Crippen molar-refractivity contribution in [2.24, 2.45) is 5.92 Å². The lowest BCUT2D eigenvalue weighted by Gasteiger charge is -2.35. The lowest BCUT2D eigenvalue weighted by molar-refractivity contribution is -0.132. The highest BCUT2D eigenvalue weighted by Gasteiger charge is 2.22. The van der Waals surface area contributed by atoms with Gasteiger partial charge in [-0.05, 0) is 44.7 Å². The summed E-state index contributed by atoms with van der Waals surface area (Å²) in [6, 6.07) is 10.3. The number of rotatable bonds is 7. The second kappa shape index (κ2) is 9.04. The van der Waals surface area contributed by atoms with E-state index in [-0.39, 0.29) is 5.91 Å². The molecule has 0 unspecified atom stereocenters. The molecule has 1 aliphatic rings. The van der Waals surface area contributed by atoms with Crippen LogP contribution >= 0.6 is 0 Å². The third-order valence-electron chi connectivity index (χ3n) is 4.60. The number of amides is 1. The summed E-state index contributed by atoms with van der Waals surface area (Å²) in [7, 11) is 0. The van der Waals surface area contributed by atoms with E-state index in [1.165, 1.54) is 12.8 Å². The quantitative estimate of drug-likeness (QED) is 0.840. The predicted octanol–water partition coefficient (Wildman–Crippen LogP) is 2.83. The molecular formula is C19H30N2O2. The van der Waals surface area contributed by atoms with Crippen LogP contribution in [0.3, 0.4) is 0 Å². The zero-order valence-corrected chi connectivity index (χ0v) is 14.6. The highest BCUT2D eigenvalue weighted by Crippen LogP contribution is 2.17. The Morgan fingerprint density at radius 3 is 2.78 bits per heavy atom. The van der Waals surface area contributed by atoms with Gasteiger partial charge in [0.25, 0.3) is 0 Å². The normalized spacial score (nSPS) is 21.6. The third kappa shape index (κ3) is 5.96. The van der Waals surface area contributed by atoms with Gasteiger partial charge >= 0.3 is 0 Å². The first-order valence-corrected chi connectivity index (χ1v) is 8.73. The van der Waals surface area contributed by atoms with Gasteiger partial charge in [0, 0.05) is 19.1 Å². The van der Waals surface area contributed by atoms with E-state index >= 15 is 0 Å². The van der Waals surface area contributed by atoms with Gasteiger partial charge in [-0.1, -0.05) is 37.3 Å². The zero-order chi connectivity index (χ0) is 16.7. The first-order chi connectivity index (χ1) is 11.1. The smallest absolute Gasteiger partial charge is 0.248 e. The van der Waals surface area contributed by atoms with Crippen molar-refractivity contribution >= 4 is 5.91 Å². The van der Waals surface area contributed by atoms with Crippen molar-refractivity contribution in [1.29, 1.82) is 0 Å². The number of carbonyl (C=O) groups is 1. The molecule has 1 aliphatic heterocycles. The van der Waals surface area contributed by atoms with E-state index in [0.29, 0.717) is 19.2 Å². The van der Waals surface area contributed by atoms with Crippen LogP contribution in [0.1, 0.15) is 39.2 Å². The Morgan fingerprint density at radius 2 is 2.09 bits per heavy atom. The lowest BCUT2D eigenvalue weighted by Crippen LogP contribution is -2.47. The molecule has 0 radical (unpaired) electrons. The lowest BCUT2D eigenvalue weighted by atomic mass is 9.99. The maximum absolute atomic E-state index is 12.2. The fourth-order valence-electron chi connectivity index (χ4n) is 3.02. The fourth-order valence-corrected chi connectivity index (χ4v) is 3.02. The Kier molecular flexibility index (Phi) is 7.06. The average molecular weight is 318 g/mol. The molecule has 0 aromatic heterocycles. The molecule has 1 aromatic carbocycles. The van der Waals surface area contributed by atoms with Crippen molar-refractivity contribution < 1.29 is 9.53 Å². The van der Waals surface area contributed by atoms with E-state index in [1.54, 1.807) is 0 Å². The number of nitrogens with zero attached hydrogens (tertiary/aromatic N) is 1. The summed E-state index contributed by atoms with van der Waals surface area (Å²) in [5.74, 6) is 0.730. The Bertz CT molecular complexity index is 478. The van der Waals surface area contributed by atoms with Crippen LogP contribution in [-0.2, 0) is 16.1 Å². The molecule has 1 N–H and O–H groups in total. The number of benzene rings is 1. The molecule has 0 saturated carbocycles. The summed E-state index contributed by atoms with van der Waals surface area (Å²) >= 11 is 0. The predicted molar refractivity (Wildman–Crippen MR) is 93.1 cm³/mol. The van der Waals surface area contributed by atoms with Gasteiger partial charge < -0.3 is 10.1 Å². The van der Waals surface area contributed by atoms with Crippen molar-refractivity contribution in [2.45, 2.75) is 52.4 Å². The molecule has 2 rings (SSSR count). The SMILES string of the molecule is C[C@@H]1CCCN([C@H](C)CNC(=O)[C@@H](C)OCc2ccccc2)C1. The van der Waals surface area contributed by atoms with E-state index in [1.807, 2.05) is 37.3 Å². The molecule has 0 spiro atoms. The molecule has 1 heterocycles. The van der Waals surface area contributed by atoms with Gasteiger partial charge in [-0.15, -0.1) is 0 Å². The van der Waals surface area contributed by atoms with Crippen LogP contribution in [0.25, 0.3) is 0 Å². The third-order valence-corrected chi connectivity index (χ3v) is 4.60. The van der Waals surface area contributed by atoms with Gasteiger partial charge in [-0.2, -0.15) is 0 Å². The Balaban J connectivity index is 1.69. The first-order valence-electron chi connectivity index (χ1n) is 8.73. The maximum Gasteiger partial charge on any atom is 0.248 e. The van der Waals surface area contributed by atoms with Crippen molar-refractivity contribution in [3.63, 3.8) is 0 Å². The van der Waals surface area contributed by atoms with Crippen LogP contribution < -0.4 is 5.32 Å². The standard InChI is InChI=1S/C19H30N2O2/c1-15-8-7-11-21(13-15)16(2)12-20-19(22)17(3)23-14-18-9-5-4-6-10-18/h4-6,9-10,15-17H,7-8,11-14H2,1-3H3,(H,20,22)/t15-,16-,17-/m1/s1. The van der Waals surface area contributed by atoms with Crippen molar-refractivity contribution in [1.82, 2.24) is 10.2 Å². The molecular weight excluding hydrogens is 288 g/mol. The average Bonchev–Trinajstić information content (AvgIpc) is 2.58. The van der Waals surface area contributed by atoms with Gasteiger partial charge in [-0.25, -0.2) is 0 Å². The summed E-state index contributed by atoms with van der Waals surface area (Å²) in [6.45, 7) is 9.73. The Labute approximate surface area is 140 Å². The summed E-state index contributed by atoms with van der Waals surface area (Å²) in [5.41, 5.74) is 1.09. The van der Waals surface area contributed by atoms with Crippen LogP contribution in [0.5, 0.6) is 0 Å². The summed E-state index contributed by atoms with van der Waals surface area (Å²) in [4.78, 5) is 14.6. The molecule has 0 aliphatic carbocycles. The number of carbonyl (C=O) groups excluding carboxylic acids is 1. The largest absolute Gasteiger partial charge is 0.364 e. The molecule has 1 fully saturated rings. The van der Waals surface area contributed by atoms with Crippen LogP contribution in [0.15, 0.2) is 30.3 Å². The second-order valence-electron chi connectivity index (χ2n) is 6.78. The van der Waals surface area contributed by atoms with Gasteiger partial charge in [0.1, 0.15) is 6.10 Å². The molecule has 128 valence electrons. The summed E-state index contributed by atoms with van der Waals surface area (Å²) in [6.07, 6.45) is 2.15. The Hall–Kier alpha value is -1.39. The van der Waals surface area contributed by atoms with Gasteiger partial charge in [0.05, 0.1) is 6.61 Å². The molecule has 0 bridgehead atoms. The second-order valence-corrected chi connectivity index (χ2v) is 6.78. The monoisotopic (exact) mass is 318 g/mol. The summed E-state index contributed by atoms with van der Waals surface area (Å²) < 4.78 is 5.66. The van der Waals surface area contributed by atoms with Crippen LogP contribution in [-0.4, -0.2) is 42.6 Å². The zero-order valence-electron chi connectivity index (χ0n) is 14.6. The molecule has 23 heavy (non-hydrogen) atoms. The van der Waals surface area contributed by atoms with Crippen LogP contribution in [0.2, 0.25) is 0 Å². The van der Waals surface area contributed by atoms with E-state index in [4.69, 9.17) is 4.74 Å². The molecule has 4 nitrogen and oxygen atoms in total. The van der Waals surface area contributed by atoms with E-state index in [9.17, 15) is 4.79 Å². The van der Waals surface area contributed by atoms with Crippen molar-refractivity contribution in [2.75, 3.05) is 19.6 Å². The fraction of sp³-hybridized carbons (Fsp3) is 0.632. The topological polar surface area (TPSA) is 41.6 Å². The van der Waals surface area contributed by atoms with Crippen molar-refractivity contribution in [3.05, 3.63) is 35.9 Å². The van der Waals surface area contributed by atoms with E-state index in [2.05, 4.69) is 24.1 Å². The minimum Gasteiger partial charge on any atom is -0.364 e. The number of ether oxygens (including phenoxy) is 1. The number of hydrogen-bond donors (Lipinski definition) is 1. The maximum atomic E-state index is 12.2.